The van der Waals surface area contributed by atoms with Gasteiger partial charge in [-0.15, -0.1) is 0 Å². The quantitative estimate of drug-likeness (QED) is 0.929. The van der Waals surface area contributed by atoms with Crippen molar-refractivity contribution in [2.75, 3.05) is 11.9 Å². The second kappa shape index (κ2) is 6.65. The van der Waals surface area contributed by atoms with Crippen LogP contribution in [0.3, 0.4) is 0 Å². The SMILES string of the molecule is CC(=O)N(CCC(=O)Nc1ccc(F)c(F)c1)C(C)(C)C. The zero-order valence-electron chi connectivity index (χ0n) is 12.7. The molecule has 0 saturated carbocycles. The normalized spacial score (nSPS) is 11.1. The lowest BCUT2D eigenvalue weighted by atomic mass is 10.1. The first-order chi connectivity index (χ1) is 9.61. The number of nitrogens with one attached hydrogen (secondary N) is 1. The molecule has 1 aromatic rings. The zero-order chi connectivity index (χ0) is 16.2. The van der Waals surface area contributed by atoms with Crippen molar-refractivity contribution in [3.8, 4) is 0 Å². The lowest BCUT2D eigenvalue weighted by Gasteiger charge is -2.34. The van der Waals surface area contributed by atoms with Crippen molar-refractivity contribution in [3.05, 3.63) is 29.8 Å². The lowest BCUT2D eigenvalue weighted by molar-refractivity contribution is -0.134. The number of amides is 2. The van der Waals surface area contributed by atoms with Crippen LogP contribution in [-0.4, -0.2) is 28.8 Å². The van der Waals surface area contributed by atoms with Gasteiger partial charge >= 0.3 is 0 Å². The molecular formula is C15H20F2N2O2. The molecule has 0 spiro atoms. The van der Waals surface area contributed by atoms with E-state index in [-0.39, 0.29) is 36.0 Å². The molecule has 0 bridgehead atoms. The molecule has 0 aliphatic rings. The summed E-state index contributed by atoms with van der Waals surface area (Å²) < 4.78 is 25.8. The van der Waals surface area contributed by atoms with Crippen LogP contribution in [-0.2, 0) is 9.59 Å². The third-order valence-corrected chi connectivity index (χ3v) is 2.96. The first kappa shape index (κ1) is 17.1. The maximum absolute atomic E-state index is 13.0. The van der Waals surface area contributed by atoms with E-state index in [4.69, 9.17) is 0 Å². The summed E-state index contributed by atoms with van der Waals surface area (Å²) in [5, 5.41) is 2.47. The molecule has 1 aromatic carbocycles. The van der Waals surface area contributed by atoms with Crippen LogP contribution in [0.25, 0.3) is 0 Å². The topological polar surface area (TPSA) is 49.4 Å². The standard InChI is InChI=1S/C15H20F2N2O2/c1-10(20)19(15(2,3)4)8-7-14(21)18-11-5-6-12(16)13(17)9-11/h5-6,9H,7-8H2,1-4H3,(H,18,21). The Morgan fingerprint density at radius 3 is 2.29 bits per heavy atom. The monoisotopic (exact) mass is 298 g/mol. The van der Waals surface area contributed by atoms with Crippen LogP contribution < -0.4 is 5.32 Å². The third-order valence-electron chi connectivity index (χ3n) is 2.96. The number of hydrogen-bond donors (Lipinski definition) is 1. The van der Waals surface area contributed by atoms with Gasteiger partial charge in [-0.3, -0.25) is 9.59 Å². The molecule has 0 aromatic heterocycles. The van der Waals surface area contributed by atoms with Crippen molar-refractivity contribution < 1.29 is 18.4 Å². The molecule has 116 valence electrons. The first-order valence-corrected chi connectivity index (χ1v) is 6.64. The highest BCUT2D eigenvalue weighted by Crippen LogP contribution is 2.15. The summed E-state index contributed by atoms with van der Waals surface area (Å²) in [5.41, 5.74) is -0.197. The average Bonchev–Trinajstić information content (AvgIpc) is 2.32. The van der Waals surface area contributed by atoms with Crippen LogP contribution >= 0.6 is 0 Å². The van der Waals surface area contributed by atoms with E-state index in [9.17, 15) is 18.4 Å². The summed E-state index contributed by atoms with van der Waals surface area (Å²) in [6, 6.07) is 3.14. The van der Waals surface area contributed by atoms with E-state index in [2.05, 4.69) is 5.32 Å². The average molecular weight is 298 g/mol. The fraction of sp³-hybridized carbons (Fsp3) is 0.467. The maximum atomic E-state index is 13.0. The van der Waals surface area contributed by atoms with Gasteiger partial charge in [0.15, 0.2) is 11.6 Å². The van der Waals surface area contributed by atoms with Gasteiger partial charge in [0.25, 0.3) is 0 Å². The summed E-state index contributed by atoms with van der Waals surface area (Å²) in [7, 11) is 0. The molecule has 0 aliphatic heterocycles. The van der Waals surface area contributed by atoms with E-state index < -0.39 is 11.6 Å². The molecule has 21 heavy (non-hydrogen) atoms. The van der Waals surface area contributed by atoms with Gasteiger partial charge < -0.3 is 10.2 Å². The van der Waals surface area contributed by atoms with Gasteiger partial charge in [-0.1, -0.05) is 0 Å². The predicted octanol–water partition coefficient (Wildman–Crippen LogP) is 2.94. The van der Waals surface area contributed by atoms with Gasteiger partial charge in [-0.25, -0.2) is 8.78 Å². The first-order valence-electron chi connectivity index (χ1n) is 6.64. The number of hydrogen-bond acceptors (Lipinski definition) is 2. The minimum absolute atomic E-state index is 0.0792. The fourth-order valence-corrected chi connectivity index (χ4v) is 1.98. The van der Waals surface area contributed by atoms with Gasteiger partial charge in [-0.05, 0) is 32.9 Å². The van der Waals surface area contributed by atoms with Crippen LogP contribution in [0, 0.1) is 11.6 Å². The minimum Gasteiger partial charge on any atom is -0.338 e. The van der Waals surface area contributed by atoms with Crippen LogP contribution in [0.15, 0.2) is 18.2 Å². The summed E-state index contributed by atoms with van der Waals surface area (Å²) >= 11 is 0. The largest absolute Gasteiger partial charge is 0.338 e. The molecule has 4 nitrogen and oxygen atoms in total. The van der Waals surface area contributed by atoms with Crippen LogP contribution in [0.2, 0.25) is 0 Å². The predicted molar refractivity (Wildman–Crippen MR) is 76.7 cm³/mol. The number of rotatable bonds is 4. The van der Waals surface area contributed by atoms with Crippen molar-refractivity contribution >= 4 is 17.5 Å². The number of carbonyl (C=O) groups excluding carboxylic acids is 2. The number of carbonyl (C=O) groups is 2. The van der Waals surface area contributed by atoms with Gasteiger partial charge in [0.2, 0.25) is 11.8 Å². The molecular weight excluding hydrogens is 278 g/mol. The molecule has 2 amide bonds. The highest BCUT2D eigenvalue weighted by atomic mass is 19.2. The van der Waals surface area contributed by atoms with Crippen molar-refractivity contribution in [2.24, 2.45) is 0 Å². The molecule has 0 unspecified atom stereocenters. The minimum atomic E-state index is -1.02. The van der Waals surface area contributed by atoms with Crippen LogP contribution in [0.5, 0.6) is 0 Å². The van der Waals surface area contributed by atoms with E-state index >= 15 is 0 Å². The Bertz CT molecular complexity index is 539. The number of halogens is 2. The Balaban J connectivity index is 2.61. The Morgan fingerprint density at radius 1 is 1.19 bits per heavy atom. The fourth-order valence-electron chi connectivity index (χ4n) is 1.98. The molecule has 1 N–H and O–H groups in total. The number of nitrogens with zero attached hydrogens (tertiary/aromatic N) is 1. The van der Waals surface area contributed by atoms with Crippen molar-refractivity contribution in [1.29, 1.82) is 0 Å². The van der Waals surface area contributed by atoms with Gasteiger partial charge in [0.05, 0.1) is 0 Å². The summed E-state index contributed by atoms with van der Waals surface area (Å²) in [6.07, 6.45) is 0.0792. The second-order valence-electron chi connectivity index (χ2n) is 5.77. The molecule has 0 saturated heterocycles. The van der Waals surface area contributed by atoms with E-state index in [0.29, 0.717) is 0 Å². The summed E-state index contributed by atoms with van der Waals surface area (Å²) in [4.78, 5) is 24.9. The highest BCUT2D eigenvalue weighted by molar-refractivity contribution is 5.91. The number of benzene rings is 1. The Kier molecular flexibility index (Phi) is 5.41. The zero-order valence-corrected chi connectivity index (χ0v) is 12.7. The number of anilines is 1. The summed E-state index contributed by atoms with van der Waals surface area (Å²) in [6.45, 7) is 7.33. The third kappa shape index (κ3) is 5.13. The Labute approximate surface area is 123 Å². The van der Waals surface area contributed by atoms with E-state index in [1.54, 1.807) is 4.90 Å². The lowest BCUT2D eigenvalue weighted by Crippen LogP contribution is -2.45. The van der Waals surface area contributed by atoms with E-state index in [1.807, 2.05) is 20.8 Å². The van der Waals surface area contributed by atoms with Crippen molar-refractivity contribution in [3.63, 3.8) is 0 Å². The van der Waals surface area contributed by atoms with Gasteiger partial charge in [0, 0.05) is 37.2 Å². The molecule has 0 radical (unpaired) electrons. The molecule has 0 heterocycles. The molecule has 0 aliphatic carbocycles. The molecule has 1 rings (SSSR count). The van der Waals surface area contributed by atoms with Gasteiger partial charge in [0.1, 0.15) is 0 Å². The Morgan fingerprint density at radius 2 is 1.81 bits per heavy atom. The van der Waals surface area contributed by atoms with Gasteiger partial charge in [-0.2, -0.15) is 0 Å². The maximum Gasteiger partial charge on any atom is 0.226 e. The van der Waals surface area contributed by atoms with Crippen LogP contribution in [0.1, 0.15) is 34.1 Å². The molecule has 6 heteroatoms. The smallest absolute Gasteiger partial charge is 0.226 e. The van der Waals surface area contributed by atoms with Crippen LogP contribution in [0.4, 0.5) is 14.5 Å². The highest BCUT2D eigenvalue weighted by Gasteiger charge is 2.24. The van der Waals surface area contributed by atoms with Crippen molar-refractivity contribution in [2.45, 2.75) is 39.7 Å². The second-order valence-corrected chi connectivity index (χ2v) is 5.77. The molecule has 0 fully saturated rings. The molecule has 0 atom stereocenters. The van der Waals surface area contributed by atoms with E-state index in [0.717, 1.165) is 12.1 Å². The van der Waals surface area contributed by atoms with Crippen molar-refractivity contribution in [1.82, 2.24) is 4.90 Å². The summed E-state index contributed by atoms with van der Waals surface area (Å²) in [5.74, 6) is -2.48. The Hall–Kier alpha value is -1.98. The van der Waals surface area contributed by atoms with E-state index in [1.165, 1.54) is 13.0 Å².